The lowest BCUT2D eigenvalue weighted by molar-refractivity contribution is -0.134. The van der Waals surface area contributed by atoms with Crippen LogP contribution in [0, 0.1) is 20.8 Å². The molecular formula is C36H38ClN7O5S. The van der Waals surface area contributed by atoms with Gasteiger partial charge in [-0.2, -0.15) is 0 Å². The van der Waals surface area contributed by atoms with Gasteiger partial charge in [0.1, 0.15) is 22.6 Å². The normalized spacial score (nSPS) is 16.8. The maximum Gasteiger partial charge on any atom is 0.412 e. The van der Waals surface area contributed by atoms with Gasteiger partial charge in [-0.3, -0.25) is 29.3 Å². The lowest BCUT2D eigenvalue weighted by Crippen LogP contribution is -2.39. The quantitative estimate of drug-likeness (QED) is 0.131. The van der Waals surface area contributed by atoms with E-state index in [4.69, 9.17) is 21.3 Å². The fourth-order valence-corrected chi connectivity index (χ4v) is 7.49. The van der Waals surface area contributed by atoms with Crippen molar-refractivity contribution < 1.29 is 23.9 Å². The second-order valence-corrected chi connectivity index (χ2v) is 14.0. The van der Waals surface area contributed by atoms with Crippen molar-refractivity contribution in [3.63, 3.8) is 0 Å². The highest BCUT2D eigenvalue weighted by Gasteiger charge is 2.32. The SMILES string of the molecule is Cc1sc2c(c1C)C(c1ccc(Cl)cc1)=NC(CC(=O)NCCCCCNC(=O)Oc1ccc(C3CCC(=O)NC3=O)cc1)c1nnc(C)n1-2. The number of aliphatic imine (C=N–C) groups is 1. The van der Waals surface area contributed by atoms with E-state index >= 15 is 0 Å². The number of nitrogens with one attached hydrogen (secondary N) is 3. The number of halogens is 1. The van der Waals surface area contributed by atoms with Crippen molar-refractivity contribution in [2.45, 2.75) is 71.3 Å². The zero-order valence-corrected chi connectivity index (χ0v) is 29.6. The molecule has 0 aliphatic carbocycles. The molecule has 14 heteroatoms. The molecule has 2 aromatic carbocycles. The first-order chi connectivity index (χ1) is 24.1. The molecule has 2 aliphatic rings. The Morgan fingerprint density at radius 2 is 1.70 bits per heavy atom. The molecule has 2 aromatic heterocycles. The molecule has 4 aromatic rings. The van der Waals surface area contributed by atoms with Crippen LogP contribution in [-0.2, 0) is 14.4 Å². The van der Waals surface area contributed by atoms with Crippen molar-refractivity contribution in [1.29, 1.82) is 0 Å². The summed E-state index contributed by atoms with van der Waals surface area (Å²) >= 11 is 7.87. The van der Waals surface area contributed by atoms with Crippen molar-refractivity contribution in [3.05, 3.63) is 92.3 Å². The third-order valence-corrected chi connectivity index (χ3v) is 10.4. The highest BCUT2D eigenvalue weighted by atomic mass is 35.5. The third-order valence-electron chi connectivity index (χ3n) is 8.91. The van der Waals surface area contributed by atoms with Gasteiger partial charge in [0.05, 0.1) is 18.1 Å². The van der Waals surface area contributed by atoms with Gasteiger partial charge in [0.2, 0.25) is 17.7 Å². The van der Waals surface area contributed by atoms with Crippen LogP contribution >= 0.6 is 22.9 Å². The van der Waals surface area contributed by atoms with E-state index in [0.717, 1.165) is 51.6 Å². The molecule has 12 nitrogen and oxygen atoms in total. The summed E-state index contributed by atoms with van der Waals surface area (Å²) in [6.45, 7) is 7.00. The molecule has 2 aliphatic heterocycles. The Kier molecular flexibility index (Phi) is 10.7. The largest absolute Gasteiger partial charge is 0.412 e. The number of rotatable bonds is 11. The van der Waals surface area contributed by atoms with Crippen molar-refractivity contribution >= 4 is 52.5 Å². The molecule has 3 N–H and O–H groups in total. The lowest BCUT2D eigenvalue weighted by atomic mass is 9.90. The van der Waals surface area contributed by atoms with Gasteiger partial charge in [0.25, 0.3) is 0 Å². The fraction of sp³-hybridized carbons (Fsp3) is 0.361. The number of unbranched alkanes of at least 4 members (excludes halogenated alkanes) is 2. The molecular weight excluding hydrogens is 678 g/mol. The zero-order valence-electron chi connectivity index (χ0n) is 28.0. The lowest BCUT2D eigenvalue weighted by Gasteiger charge is -2.21. The predicted octanol–water partition coefficient (Wildman–Crippen LogP) is 5.78. The van der Waals surface area contributed by atoms with Crippen LogP contribution in [0.4, 0.5) is 4.79 Å². The first-order valence-corrected chi connectivity index (χ1v) is 17.8. The smallest absolute Gasteiger partial charge is 0.410 e. The van der Waals surface area contributed by atoms with Crippen molar-refractivity contribution in [2.24, 2.45) is 4.99 Å². The Balaban J connectivity index is 0.974. The molecule has 4 amide bonds. The second kappa shape index (κ2) is 15.3. The van der Waals surface area contributed by atoms with Gasteiger partial charge in [-0.15, -0.1) is 21.5 Å². The summed E-state index contributed by atoms with van der Waals surface area (Å²) < 4.78 is 7.37. The van der Waals surface area contributed by atoms with E-state index in [1.54, 1.807) is 35.6 Å². The summed E-state index contributed by atoms with van der Waals surface area (Å²) in [5.41, 5.74) is 4.63. The monoisotopic (exact) mass is 715 g/mol. The molecule has 1 fully saturated rings. The number of hydrogen-bond donors (Lipinski definition) is 3. The Morgan fingerprint density at radius 1 is 0.980 bits per heavy atom. The minimum atomic E-state index is -0.572. The number of aryl methyl sites for hydroxylation is 2. The minimum absolute atomic E-state index is 0.115. The molecule has 0 radical (unpaired) electrons. The van der Waals surface area contributed by atoms with E-state index in [-0.39, 0.29) is 24.1 Å². The van der Waals surface area contributed by atoms with Crippen molar-refractivity contribution in [1.82, 2.24) is 30.7 Å². The van der Waals surface area contributed by atoms with E-state index in [1.807, 2.05) is 35.8 Å². The Hall–Kier alpha value is -4.88. The summed E-state index contributed by atoms with van der Waals surface area (Å²) in [5.74, 6) is 0.621. The van der Waals surface area contributed by atoms with Crippen LogP contribution in [0.2, 0.25) is 5.02 Å². The van der Waals surface area contributed by atoms with Gasteiger partial charge in [0.15, 0.2) is 5.82 Å². The molecule has 6 rings (SSSR count). The Bertz CT molecular complexity index is 1950. The number of hydrogen-bond acceptors (Lipinski definition) is 9. The van der Waals surface area contributed by atoms with Gasteiger partial charge < -0.3 is 15.4 Å². The van der Waals surface area contributed by atoms with Gasteiger partial charge in [-0.25, -0.2) is 4.79 Å². The molecule has 50 heavy (non-hydrogen) atoms. The first kappa shape index (κ1) is 35.0. The average molecular weight is 716 g/mol. The van der Waals surface area contributed by atoms with Gasteiger partial charge in [0, 0.05) is 40.5 Å². The number of thiophene rings is 1. The average Bonchev–Trinajstić information content (AvgIpc) is 3.56. The number of aromatic nitrogens is 3. The number of carbonyl (C=O) groups excluding carboxylic acids is 4. The van der Waals surface area contributed by atoms with E-state index in [9.17, 15) is 19.2 Å². The molecule has 0 spiro atoms. The number of amides is 4. The highest BCUT2D eigenvalue weighted by molar-refractivity contribution is 7.15. The number of piperidine rings is 1. The van der Waals surface area contributed by atoms with Crippen LogP contribution in [0.25, 0.3) is 5.00 Å². The Labute approximate surface area is 298 Å². The summed E-state index contributed by atoms with van der Waals surface area (Å²) in [5, 5.41) is 18.6. The van der Waals surface area contributed by atoms with Gasteiger partial charge in [-0.05, 0) is 81.8 Å². The molecule has 1 saturated heterocycles. The Morgan fingerprint density at radius 3 is 2.42 bits per heavy atom. The molecule has 2 unspecified atom stereocenters. The summed E-state index contributed by atoms with van der Waals surface area (Å²) in [6.07, 6.45) is 2.53. The van der Waals surface area contributed by atoms with E-state index in [0.29, 0.717) is 48.9 Å². The van der Waals surface area contributed by atoms with Crippen LogP contribution in [0.15, 0.2) is 53.5 Å². The maximum absolute atomic E-state index is 13.2. The van der Waals surface area contributed by atoms with Crippen molar-refractivity contribution in [3.8, 4) is 10.8 Å². The number of fused-ring (bicyclic) bond motifs is 3. The van der Waals surface area contributed by atoms with Crippen LogP contribution < -0.4 is 20.7 Å². The predicted molar refractivity (Wildman–Crippen MR) is 190 cm³/mol. The van der Waals surface area contributed by atoms with Gasteiger partial charge >= 0.3 is 6.09 Å². The van der Waals surface area contributed by atoms with Crippen LogP contribution in [0.5, 0.6) is 5.75 Å². The summed E-state index contributed by atoms with van der Waals surface area (Å²) in [6, 6.07) is 13.8. The number of ether oxygens (including phenoxy) is 1. The molecule has 2 atom stereocenters. The molecule has 0 saturated carbocycles. The highest BCUT2D eigenvalue weighted by Crippen LogP contribution is 2.39. The maximum atomic E-state index is 13.2. The number of benzene rings is 2. The first-order valence-electron chi connectivity index (χ1n) is 16.6. The number of nitrogens with zero attached hydrogens (tertiary/aromatic N) is 4. The summed E-state index contributed by atoms with van der Waals surface area (Å²) in [4.78, 5) is 55.3. The van der Waals surface area contributed by atoms with Crippen LogP contribution in [0.1, 0.15) is 89.3 Å². The third kappa shape index (κ3) is 7.79. The molecule has 260 valence electrons. The molecule has 4 heterocycles. The van der Waals surface area contributed by atoms with Crippen molar-refractivity contribution in [2.75, 3.05) is 13.1 Å². The zero-order chi connectivity index (χ0) is 35.4. The summed E-state index contributed by atoms with van der Waals surface area (Å²) in [7, 11) is 0. The van der Waals surface area contributed by atoms with E-state index < -0.39 is 18.1 Å². The van der Waals surface area contributed by atoms with Crippen LogP contribution in [0.3, 0.4) is 0 Å². The standard InChI is InChI=1S/C36H38ClN7O5S/c1-20-21(2)50-35-31(20)32(24-7-11-25(37)12-8-24)40-28(33-43-42-22(3)44(33)35)19-30(46)38-17-5-4-6-18-39-36(48)49-26-13-9-23(10-14-26)27-15-16-29(45)41-34(27)47/h7-14,27-28H,4-6,15-19H2,1-3H3,(H,38,46)(H,39,48)(H,41,45,47). The fourth-order valence-electron chi connectivity index (χ4n) is 6.15. The number of imide groups is 1. The van der Waals surface area contributed by atoms with E-state index in [1.165, 1.54) is 4.88 Å². The second-order valence-electron chi connectivity index (χ2n) is 12.4. The molecule has 0 bridgehead atoms. The number of carbonyl (C=O) groups is 4. The topological polar surface area (TPSA) is 157 Å². The van der Waals surface area contributed by atoms with Crippen LogP contribution in [-0.4, -0.2) is 57.4 Å². The van der Waals surface area contributed by atoms with Gasteiger partial charge in [-0.1, -0.05) is 35.9 Å². The van der Waals surface area contributed by atoms with E-state index in [2.05, 4.69) is 40.0 Å². The minimum Gasteiger partial charge on any atom is -0.410 e.